The number of nitrogens with one attached hydrogen (secondary N) is 1. The van der Waals surface area contributed by atoms with E-state index >= 15 is 0 Å². The molecule has 0 radical (unpaired) electrons. The smallest absolute Gasteiger partial charge is 0.274 e. The lowest BCUT2D eigenvalue weighted by molar-refractivity contribution is 0.0776. The highest BCUT2D eigenvalue weighted by molar-refractivity contribution is 5.91. The Bertz CT molecular complexity index is 528. The minimum atomic E-state index is -0.145. The molecule has 0 aliphatic carbocycles. The summed E-state index contributed by atoms with van der Waals surface area (Å²) >= 11 is 0. The number of amides is 1. The van der Waals surface area contributed by atoms with Gasteiger partial charge in [-0.2, -0.15) is 5.10 Å². The van der Waals surface area contributed by atoms with Crippen LogP contribution in [0.5, 0.6) is 0 Å². The molecule has 0 aromatic carbocycles. The van der Waals surface area contributed by atoms with Gasteiger partial charge in [0.25, 0.3) is 5.91 Å². The third-order valence-corrected chi connectivity index (χ3v) is 2.29. The van der Waals surface area contributed by atoms with E-state index in [1.54, 1.807) is 24.1 Å². The Labute approximate surface area is 98.5 Å². The Morgan fingerprint density at radius 1 is 1.59 bits per heavy atom. The predicted octanol–water partition coefficient (Wildman–Crippen LogP) is 0.119. The lowest BCUT2D eigenvalue weighted by Crippen LogP contribution is -2.27. The lowest BCUT2D eigenvalue weighted by Gasteiger charge is -2.13. The molecule has 2 rings (SSSR count). The van der Waals surface area contributed by atoms with Crippen LogP contribution in [0.1, 0.15) is 22.1 Å². The SMILES string of the molecule is Cc1nc(CN(C)C(=O)c2cn(C)cn2)n[nH]1. The van der Waals surface area contributed by atoms with Crippen molar-refractivity contribution in [2.45, 2.75) is 13.5 Å². The van der Waals surface area contributed by atoms with E-state index in [9.17, 15) is 4.79 Å². The van der Waals surface area contributed by atoms with Gasteiger partial charge in [-0.15, -0.1) is 0 Å². The molecule has 1 N–H and O–H groups in total. The quantitative estimate of drug-likeness (QED) is 0.818. The third kappa shape index (κ3) is 2.49. The van der Waals surface area contributed by atoms with E-state index in [0.29, 0.717) is 18.1 Å². The van der Waals surface area contributed by atoms with Crippen LogP contribution in [0.4, 0.5) is 0 Å². The van der Waals surface area contributed by atoms with Crippen LogP contribution in [0, 0.1) is 6.92 Å². The molecule has 0 saturated heterocycles. The van der Waals surface area contributed by atoms with Crippen LogP contribution in [0.25, 0.3) is 0 Å². The van der Waals surface area contributed by atoms with Gasteiger partial charge in [0.2, 0.25) is 0 Å². The summed E-state index contributed by atoms with van der Waals surface area (Å²) in [5, 5.41) is 6.72. The number of H-pyrrole nitrogens is 1. The zero-order chi connectivity index (χ0) is 12.4. The fourth-order valence-electron chi connectivity index (χ4n) is 1.46. The minimum absolute atomic E-state index is 0.145. The van der Waals surface area contributed by atoms with Crippen molar-refractivity contribution in [1.29, 1.82) is 0 Å². The average molecular weight is 234 g/mol. The van der Waals surface area contributed by atoms with Gasteiger partial charge < -0.3 is 9.47 Å². The first kappa shape index (κ1) is 11.3. The van der Waals surface area contributed by atoms with Gasteiger partial charge in [-0.1, -0.05) is 0 Å². The van der Waals surface area contributed by atoms with E-state index in [1.165, 1.54) is 4.90 Å². The van der Waals surface area contributed by atoms with Crippen LogP contribution in [0.15, 0.2) is 12.5 Å². The molecule has 2 aromatic rings. The van der Waals surface area contributed by atoms with Crippen molar-refractivity contribution >= 4 is 5.91 Å². The molecule has 17 heavy (non-hydrogen) atoms. The summed E-state index contributed by atoms with van der Waals surface area (Å²) in [5.41, 5.74) is 0.419. The van der Waals surface area contributed by atoms with Crippen LogP contribution in [0.3, 0.4) is 0 Å². The first-order chi connectivity index (χ1) is 8.06. The van der Waals surface area contributed by atoms with Gasteiger partial charge in [0.15, 0.2) is 5.82 Å². The van der Waals surface area contributed by atoms with Crippen molar-refractivity contribution in [1.82, 2.24) is 29.6 Å². The Hall–Kier alpha value is -2.18. The van der Waals surface area contributed by atoms with Gasteiger partial charge in [0, 0.05) is 20.3 Å². The zero-order valence-corrected chi connectivity index (χ0v) is 10.0. The zero-order valence-electron chi connectivity index (χ0n) is 10.0. The average Bonchev–Trinajstić information content (AvgIpc) is 2.87. The van der Waals surface area contributed by atoms with Crippen molar-refractivity contribution < 1.29 is 4.79 Å². The Kier molecular flexibility index (Phi) is 2.90. The highest BCUT2D eigenvalue weighted by Crippen LogP contribution is 2.03. The minimum Gasteiger partial charge on any atom is -0.340 e. The van der Waals surface area contributed by atoms with Crippen LogP contribution >= 0.6 is 0 Å². The van der Waals surface area contributed by atoms with Crippen molar-refractivity contribution in [3.63, 3.8) is 0 Å². The topological polar surface area (TPSA) is 79.7 Å². The van der Waals surface area contributed by atoms with Gasteiger partial charge >= 0.3 is 0 Å². The number of carbonyl (C=O) groups is 1. The summed E-state index contributed by atoms with van der Waals surface area (Å²) in [6.07, 6.45) is 3.28. The summed E-state index contributed by atoms with van der Waals surface area (Å²) in [5.74, 6) is 1.18. The highest BCUT2D eigenvalue weighted by Gasteiger charge is 2.15. The van der Waals surface area contributed by atoms with Crippen LogP contribution < -0.4 is 0 Å². The normalized spacial score (nSPS) is 10.5. The molecule has 2 heterocycles. The maximum Gasteiger partial charge on any atom is 0.274 e. The van der Waals surface area contributed by atoms with E-state index in [0.717, 1.165) is 5.82 Å². The standard InChI is InChI=1S/C10H14N6O/c1-7-12-9(14-13-7)5-16(3)10(17)8-4-15(2)6-11-8/h4,6H,5H2,1-3H3,(H,12,13,14). The monoisotopic (exact) mass is 234 g/mol. The molecule has 90 valence electrons. The van der Waals surface area contributed by atoms with Crippen molar-refractivity contribution in [3.8, 4) is 0 Å². The molecule has 1 amide bonds. The molecule has 7 nitrogen and oxygen atoms in total. The third-order valence-electron chi connectivity index (χ3n) is 2.29. The van der Waals surface area contributed by atoms with Gasteiger partial charge in [-0.3, -0.25) is 9.89 Å². The van der Waals surface area contributed by atoms with Crippen LogP contribution in [-0.2, 0) is 13.6 Å². The fraction of sp³-hybridized carbons (Fsp3) is 0.400. The Morgan fingerprint density at radius 3 is 2.88 bits per heavy atom. The number of hydrogen-bond acceptors (Lipinski definition) is 4. The summed E-state index contributed by atoms with van der Waals surface area (Å²) in [4.78, 5) is 21.6. The van der Waals surface area contributed by atoms with Crippen molar-refractivity contribution in [3.05, 3.63) is 29.9 Å². The summed E-state index contributed by atoms with van der Waals surface area (Å²) in [6.45, 7) is 2.18. The van der Waals surface area contributed by atoms with Gasteiger partial charge in [-0.25, -0.2) is 9.97 Å². The largest absolute Gasteiger partial charge is 0.340 e. The van der Waals surface area contributed by atoms with Gasteiger partial charge in [0.05, 0.1) is 12.9 Å². The number of aromatic amines is 1. The summed E-state index contributed by atoms with van der Waals surface area (Å²) in [6, 6.07) is 0. The van der Waals surface area contributed by atoms with Gasteiger partial charge in [0.1, 0.15) is 11.5 Å². The molecule has 0 atom stereocenters. The maximum atomic E-state index is 12.0. The predicted molar refractivity (Wildman–Crippen MR) is 60.1 cm³/mol. The highest BCUT2D eigenvalue weighted by atomic mass is 16.2. The summed E-state index contributed by atoms with van der Waals surface area (Å²) in [7, 11) is 3.52. The molecule has 0 fully saturated rings. The van der Waals surface area contributed by atoms with E-state index in [1.807, 2.05) is 14.0 Å². The number of aromatic nitrogens is 5. The Balaban J connectivity index is 2.05. The number of hydrogen-bond donors (Lipinski definition) is 1. The van der Waals surface area contributed by atoms with E-state index in [4.69, 9.17) is 0 Å². The molecule has 0 saturated carbocycles. The summed E-state index contributed by atoms with van der Waals surface area (Å²) < 4.78 is 1.73. The second kappa shape index (κ2) is 4.36. The fourth-order valence-corrected chi connectivity index (χ4v) is 1.46. The van der Waals surface area contributed by atoms with Crippen LogP contribution in [0.2, 0.25) is 0 Å². The molecule has 0 spiro atoms. The molecule has 0 unspecified atom stereocenters. The van der Waals surface area contributed by atoms with Crippen molar-refractivity contribution in [2.75, 3.05) is 7.05 Å². The second-order valence-corrected chi connectivity index (χ2v) is 3.92. The number of rotatable bonds is 3. The maximum absolute atomic E-state index is 12.0. The first-order valence-corrected chi connectivity index (χ1v) is 5.17. The number of carbonyl (C=O) groups excluding carboxylic acids is 1. The lowest BCUT2D eigenvalue weighted by atomic mass is 10.4. The Morgan fingerprint density at radius 2 is 2.35 bits per heavy atom. The molecule has 2 aromatic heterocycles. The molecular formula is C10H14N6O. The van der Waals surface area contributed by atoms with Gasteiger partial charge in [-0.05, 0) is 6.92 Å². The van der Waals surface area contributed by atoms with E-state index in [-0.39, 0.29) is 5.91 Å². The molecular weight excluding hydrogens is 220 g/mol. The number of imidazole rings is 1. The molecule has 0 bridgehead atoms. The molecule has 7 heteroatoms. The van der Waals surface area contributed by atoms with E-state index < -0.39 is 0 Å². The van der Waals surface area contributed by atoms with Crippen LogP contribution in [-0.4, -0.2) is 42.6 Å². The second-order valence-electron chi connectivity index (χ2n) is 3.92. The molecule has 0 aliphatic rings. The van der Waals surface area contributed by atoms with Crippen molar-refractivity contribution in [2.24, 2.45) is 7.05 Å². The number of aryl methyl sites for hydroxylation is 2. The molecule has 0 aliphatic heterocycles. The van der Waals surface area contributed by atoms with E-state index in [2.05, 4.69) is 20.2 Å². The first-order valence-electron chi connectivity index (χ1n) is 5.17. The number of nitrogens with zero attached hydrogens (tertiary/aromatic N) is 5.